The molecular weight excluding hydrogens is 376 g/mol. The van der Waals surface area contributed by atoms with Gasteiger partial charge >= 0.3 is 5.69 Å². The van der Waals surface area contributed by atoms with Gasteiger partial charge in [0.15, 0.2) is 0 Å². The first kappa shape index (κ1) is 19.0. The van der Waals surface area contributed by atoms with Crippen LogP contribution in [0.2, 0.25) is 0 Å². The Hall–Kier alpha value is -2.81. The van der Waals surface area contributed by atoms with E-state index in [1.54, 1.807) is 11.4 Å². The minimum absolute atomic E-state index is 0.0496. The zero-order chi connectivity index (χ0) is 19.6. The van der Waals surface area contributed by atoms with Gasteiger partial charge in [-0.25, -0.2) is 13.6 Å². The van der Waals surface area contributed by atoms with Gasteiger partial charge in [-0.05, 0) is 30.0 Å². The number of unbranched alkanes of at least 4 members (excludes halogenated alkanes) is 1. The fourth-order valence-corrected chi connectivity index (χ4v) is 3.61. The molecule has 0 radical (unpaired) electrons. The van der Waals surface area contributed by atoms with Crippen molar-refractivity contribution >= 4 is 33.1 Å². The topological polar surface area (TPSA) is 73.1 Å². The number of aromatic nitrogens is 2. The number of halogens is 2. The van der Waals surface area contributed by atoms with E-state index < -0.39 is 23.2 Å². The van der Waals surface area contributed by atoms with E-state index in [-0.39, 0.29) is 24.3 Å². The van der Waals surface area contributed by atoms with Crippen molar-refractivity contribution in [1.82, 2.24) is 9.13 Å². The molecule has 2 aromatic heterocycles. The normalized spacial score (nSPS) is 11.1. The van der Waals surface area contributed by atoms with E-state index in [2.05, 4.69) is 5.32 Å². The number of benzene rings is 1. The van der Waals surface area contributed by atoms with E-state index >= 15 is 0 Å². The number of hydrogen-bond acceptors (Lipinski definition) is 4. The molecule has 0 atom stereocenters. The lowest BCUT2D eigenvalue weighted by Crippen LogP contribution is -2.41. The van der Waals surface area contributed by atoms with Crippen LogP contribution in [0.5, 0.6) is 0 Å². The van der Waals surface area contributed by atoms with Crippen LogP contribution in [0.3, 0.4) is 0 Å². The molecule has 0 bridgehead atoms. The highest BCUT2D eigenvalue weighted by Gasteiger charge is 2.16. The molecule has 9 heteroatoms. The van der Waals surface area contributed by atoms with Crippen molar-refractivity contribution in [2.24, 2.45) is 0 Å². The summed E-state index contributed by atoms with van der Waals surface area (Å²) in [7, 11) is 0. The second-order valence-corrected chi connectivity index (χ2v) is 6.94. The summed E-state index contributed by atoms with van der Waals surface area (Å²) in [6.45, 7) is 1.83. The first-order chi connectivity index (χ1) is 12.9. The second-order valence-electron chi connectivity index (χ2n) is 6.02. The van der Waals surface area contributed by atoms with Crippen LogP contribution in [-0.2, 0) is 17.9 Å². The van der Waals surface area contributed by atoms with Gasteiger partial charge in [0.25, 0.3) is 5.56 Å². The van der Waals surface area contributed by atoms with E-state index in [1.807, 2.05) is 6.92 Å². The molecular formula is C18H17F2N3O3S. The van der Waals surface area contributed by atoms with Gasteiger partial charge < -0.3 is 5.32 Å². The van der Waals surface area contributed by atoms with Crippen molar-refractivity contribution in [2.45, 2.75) is 32.9 Å². The molecule has 0 spiro atoms. The zero-order valence-corrected chi connectivity index (χ0v) is 15.3. The summed E-state index contributed by atoms with van der Waals surface area (Å²) < 4.78 is 29.2. The van der Waals surface area contributed by atoms with E-state index in [9.17, 15) is 23.2 Å². The Kier molecular flexibility index (Phi) is 5.50. The first-order valence-electron chi connectivity index (χ1n) is 8.37. The molecule has 142 valence electrons. The van der Waals surface area contributed by atoms with Crippen LogP contribution in [0.15, 0.2) is 39.2 Å². The molecule has 1 amide bonds. The molecule has 0 aliphatic carbocycles. The molecule has 0 saturated carbocycles. The summed E-state index contributed by atoms with van der Waals surface area (Å²) in [5.41, 5.74) is -0.642. The highest BCUT2D eigenvalue weighted by molar-refractivity contribution is 7.17. The van der Waals surface area contributed by atoms with Gasteiger partial charge in [0.2, 0.25) is 5.91 Å². The van der Waals surface area contributed by atoms with E-state index in [0.717, 1.165) is 23.1 Å². The van der Waals surface area contributed by atoms with Crippen LogP contribution < -0.4 is 16.6 Å². The third kappa shape index (κ3) is 3.97. The number of nitrogens with one attached hydrogen (secondary N) is 1. The van der Waals surface area contributed by atoms with Crippen LogP contribution in [-0.4, -0.2) is 15.0 Å². The van der Waals surface area contributed by atoms with Crippen LogP contribution >= 0.6 is 11.3 Å². The number of fused-ring (bicyclic) bond motifs is 1. The number of anilines is 1. The Bertz CT molecular complexity index is 1100. The lowest BCUT2D eigenvalue weighted by Gasteiger charge is -2.12. The van der Waals surface area contributed by atoms with Gasteiger partial charge in [-0.3, -0.25) is 18.7 Å². The Morgan fingerprint density at radius 1 is 1.15 bits per heavy atom. The van der Waals surface area contributed by atoms with Crippen LogP contribution in [0.25, 0.3) is 10.2 Å². The Morgan fingerprint density at radius 2 is 1.85 bits per heavy atom. The van der Waals surface area contributed by atoms with Crippen molar-refractivity contribution < 1.29 is 13.6 Å². The fourth-order valence-electron chi connectivity index (χ4n) is 2.77. The highest BCUT2D eigenvalue weighted by Crippen LogP contribution is 2.16. The predicted octanol–water partition coefficient (Wildman–Crippen LogP) is 2.94. The van der Waals surface area contributed by atoms with Crippen LogP contribution in [0, 0.1) is 11.6 Å². The van der Waals surface area contributed by atoms with Crippen molar-refractivity contribution in [2.75, 3.05) is 5.32 Å². The molecule has 1 aromatic carbocycles. The van der Waals surface area contributed by atoms with Crippen molar-refractivity contribution in [3.05, 3.63) is 62.1 Å². The summed E-state index contributed by atoms with van der Waals surface area (Å²) >= 11 is 1.20. The molecule has 27 heavy (non-hydrogen) atoms. The van der Waals surface area contributed by atoms with E-state index in [4.69, 9.17) is 0 Å². The minimum Gasteiger partial charge on any atom is -0.324 e. The number of carbonyl (C=O) groups is 1. The van der Waals surface area contributed by atoms with Gasteiger partial charge in [0, 0.05) is 18.3 Å². The number of thiophene rings is 1. The molecule has 3 aromatic rings. The van der Waals surface area contributed by atoms with Gasteiger partial charge in [0.1, 0.15) is 22.9 Å². The highest BCUT2D eigenvalue weighted by atomic mass is 32.1. The summed E-state index contributed by atoms with van der Waals surface area (Å²) in [6, 6.07) is 4.25. The largest absolute Gasteiger partial charge is 0.332 e. The van der Waals surface area contributed by atoms with Crippen molar-refractivity contribution in [1.29, 1.82) is 0 Å². The molecule has 0 fully saturated rings. The average molecular weight is 393 g/mol. The standard InChI is InChI=1S/C18H17F2N3O3S/c1-2-3-5-22-17(25)16-14(4-6-27-16)23(18(22)26)10-15(24)21-13-8-11(19)7-12(20)9-13/h4,6-9H,2-3,5,10H2,1H3,(H,21,24). The number of hydrogen-bond donors (Lipinski definition) is 1. The van der Waals surface area contributed by atoms with Crippen molar-refractivity contribution in [3.63, 3.8) is 0 Å². The third-order valence-electron chi connectivity index (χ3n) is 4.02. The molecule has 3 rings (SSSR count). The molecule has 0 aliphatic heterocycles. The fraction of sp³-hybridized carbons (Fsp3) is 0.278. The summed E-state index contributed by atoms with van der Waals surface area (Å²) in [5, 5.41) is 4.04. The smallest absolute Gasteiger partial charge is 0.324 e. The number of amides is 1. The summed E-state index contributed by atoms with van der Waals surface area (Å²) in [6.07, 6.45) is 1.46. The van der Waals surface area contributed by atoms with Gasteiger partial charge in [-0.15, -0.1) is 11.3 Å². The Morgan fingerprint density at radius 3 is 2.52 bits per heavy atom. The molecule has 0 saturated heterocycles. The van der Waals surface area contributed by atoms with Crippen molar-refractivity contribution in [3.8, 4) is 0 Å². The number of rotatable bonds is 6. The lowest BCUT2D eigenvalue weighted by atomic mass is 10.3. The van der Waals surface area contributed by atoms with E-state index in [0.29, 0.717) is 22.7 Å². The maximum Gasteiger partial charge on any atom is 0.332 e. The van der Waals surface area contributed by atoms with E-state index in [1.165, 1.54) is 15.9 Å². The molecule has 0 aliphatic rings. The number of nitrogens with zero attached hydrogens (tertiary/aromatic N) is 2. The summed E-state index contributed by atoms with van der Waals surface area (Å²) in [5.74, 6) is -2.28. The number of carbonyl (C=O) groups excluding carboxylic acids is 1. The molecule has 0 unspecified atom stereocenters. The van der Waals surface area contributed by atoms with Crippen LogP contribution in [0.4, 0.5) is 14.5 Å². The van der Waals surface area contributed by atoms with Gasteiger partial charge in [-0.1, -0.05) is 13.3 Å². The Labute approximate surface area is 156 Å². The monoisotopic (exact) mass is 393 g/mol. The third-order valence-corrected chi connectivity index (χ3v) is 4.91. The summed E-state index contributed by atoms with van der Waals surface area (Å²) in [4.78, 5) is 37.6. The molecule has 2 heterocycles. The zero-order valence-electron chi connectivity index (χ0n) is 14.5. The maximum atomic E-state index is 13.3. The quantitative estimate of drug-likeness (QED) is 0.700. The van der Waals surface area contributed by atoms with Gasteiger partial charge in [0.05, 0.1) is 5.52 Å². The SMILES string of the molecule is CCCCn1c(=O)c2sccc2n(CC(=O)Nc2cc(F)cc(F)c2)c1=O. The lowest BCUT2D eigenvalue weighted by molar-refractivity contribution is -0.116. The maximum absolute atomic E-state index is 13.3. The average Bonchev–Trinajstić information content (AvgIpc) is 3.07. The Balaban J connectivity index is 1.96. The minimum atomic E-state index is -0.823. The van der Waals surface area contributed by atoms with Gasteiger partial charge in [-0.2, -0.15) is 0 Å². The predicted molar refractivity (Wildman–Crippen MR) is 100 cm³/mol. The second kappa shape index (κ2) is 7.83. The molecule has 6 nitrogen and oxygen atoms in total. The molecule has 1 N–H and O–H groups in total. The first-order valence-corrected chi connectivity index (χ1v) is 9.25. The van der Waals surface area contributed by atoms with Crippen LogP contribution in [0.1, 0.15) is 19.8 Å².